The van der Waals surface area contributed by atoms with Crippen molar-refractivity contribution in [1.29, 1.82) is 0 Å². The Morgan fingerprint density at radius 1 is 1.19 bits per heavy atom. The second kappa shape index (κ2) is 10.2. The average Bonchev–Trinajstić information content (AvgIpc) is 3.15. The van der Waals surface area contributed by atoms with Crippen LogP contribution in [0.5, 0.6) is 11.6 Å². The van der Waals surface area contributed by atoms with Crippen LogP contribution < -0.4 is 20.5 Å². The van der Waals surface area contributed by atoms with E-state index in [0.717, 1.165) is 29.8 Å². The van der Waals surface area contributed by atoms with Crippen molar-refractivity contribution in [2.24, 2.45) is 10.7 Å². The maximum Gasteiger partial charge on any atom is 0.213 e. The fraction of sp³-hybridized carbons (Fsp3) is 0.368. The molecule has 0 amide bonds. The zero-order valence-corrected chi connectivity index (χ0v) is 17.2. The highest BCUT2D eigenvalue weighted by Crippen LogP contribution is 2.23. The second-order valence-corrected chi connectivity index (χ2v) is 6.08. The number of aromatic nitrogens is 1. The number of aliphatic imine (C=N–C) groups is 1. The summed E-state index contributed by atoms with van der Waals surface area (Å²) in [6.45, 7) is 0.464. The first-order valence-corrected chi connectivity index (χ1v) is 8.55. The number of benzene rings is 1. The van der Waals surface area contributed by atoms with Crippen LogP contribution in [0.3, 0.4) is 0 Å². The second-order valence-electron chi connectivity index (χ2n) is 6.08. The molecule has 1 aromatic carbocycles. The van der Waals surface area contributed by atoms with Gasteiger partial charge in [-0.2, -0.15) is 0 Å². The number of guanidine groups is 1. The number of methoxy groups -OCH3 is 1. The van der Waals surface area contributed by atoms with Gasteiger partial charge in [-0.1, -0.05) is 6.07 Å². The molecule has 0 spiro atoms. The molecule has 0 saturated heterocycles. The van der Waals surface area contributed by atoms with Crippen LogP contribution in [0, 0.1) is 0 Å². The molecule has 140 valence electrons. The Morgan fingerprint density at radius 3 is 2.54 bits per heavy atom. The topological polar surface area (TPSA) is 81.8 Å². The minimum absolute atomic E-state index is 0. The number of anilines is 1. The highest BCUT2D eigenvalue weighted by Gasteiger charge is 2.16. The number of pyridine rings is 1. The van der Waals surface area contributed by atoms with E-state index in [0.29, 0.717) is 24.5 Å². The van der Waals surface area contributed by atoms with Gasteiger partial charge in [0.15, 0.2) is 5.96 Å². The summed E-state index contributed by atoms with van der Waals surface area (Å²) in [5, 5.41) is 3.05. The third kappa shape index (κ3) is 6.05. The van der Waals surface area contributed by atoms with Gasteiger partial charge >= 0.3 is 0 Å². The van der Waals surface area contributed by atoms with Crippen molar-refractivity contribution in [2.75, 3.05) is 12.4 Å². The molecule has 0 bridgehead atoms. The summed E-state index contributed by atoms with van der Waals surface area (Å²) in [6, 6.07) is 11.4. The van der Waals surface area contributed by atoms with E-state index in [4.69, 9.17) is 15.2 Å². The van der Waals surface area contributed by atoms with Gasteiger partial charge in [-0.15, -0.1) is 24.0 Å². The first kappa shape index (κ1) is 20.3. The number of rotatable bonds is 6. The summed E-state index contributed by atoms with van der Waals surface area (Å²) in [5.74, 6) is 1.84. The number of hydrogen-bond acceptors (Lipinski definition) is 4. The van der Waals surface area contributed by atoms with E-state index in [9.17, 15) is 0 Å². The number of ether oxygens (including phenoxy) is 2. The number of nitrogens with zero attached hydrogens (tertiary/aromatic N) is 2. The fourth-order valence-corrected chi connectivity index (χ4v) is 2.79. The van der Waals surface area contributed by atoms with Crippen LogP contribution >= 0.6 is 24.0 Å². The van der Waals surface area contributed by atoms with Gasteiger partial charge in [0.25, 0.3) is 0 Å². The number of halogens is 1. The Morgan fingerprint density at radius 2 is 1.92 bits per heavy atom. The highest BCUT2D eigenvalue weighted by molar-refractivity contribution is 14.0. The summed E-state index contributed by atoms with van der Waals surface area (Å²) in [5.41, 5.74) is 7.77. The molecule has 0 unspecified atom stereocenters. The molecule has 0 atom stereocenters. The van der Waals surface area contributed by atoms with E-state index >= 15 is 0 Å². The Kier molecular flexibility index (Phi) is 7.96. The van der Waals surface area contributed by atoms with Crippen LogP contribution in [0.4, 0.5) is 5.69 Å². The summed E-state index contributed by atoms with van der Waals surface area (Å²) < 4.78 is 11.0. The highest BCUT2D eigenvalue weighted by atomic mass is 127. The van der Waals surface area contributed by atoms with Crippen molar-refractivity contribution in [3.63, 3.8) is 0 Å². The maximum atomic E-state index is 5.93. The molecule has 1 aromatic heterocycles. The molecule has 3 N–H and O–H groups in total. The molecule has 0 aliphatic heterocycles. The summed E-state index contributed by atoms with van der Waals surface area (Å²) in [4.78, 5) is 8.69. The fourth-order valence-electron chi connectivity index (χ4n) is 2.79. The van der Waals surface area contributed by atoms with Crippen molar-refractivity contribution in [2.45, 2.75) is 38.3 Å². The normalized spacial score (nSPS) is 14.6. The minimum atomic E-state index is 0. The summed E-state index contributed by atoms with van der Waals surface area (Å²) in [6.07, 6.45) is 6.85. The molecule has 6 nitrogen and oxygen atoms in total. The van der Waals surface area contributed by atoms with Crippen molar-refractivity contribution in [3.8, 4) is 11.6 Å². The third-order valence-electron chi connectivity index (χ3n) is 4.18. The first-order valence-electron chi connectivity index (χ1n) is 8.55. The largest absolute Gasteiger partial charge is 0.497 e. The molecule has 26 heavy (non-hydrogen) atoms. The van der Waals surface area contributed by atoms with Crippen molar-refractivity contribution in [1.82, 2.24) is 4.98 Å². The summed E-state index contributed by atoms with van der Waals surface area (Å²) >= 11 is 0. The Balaban J connectivity index is 0.00000243. The van der Waals surface area contributed by atoms with E-state index in [1.54, 1.807) is 13.3 Å². The molecule has 1 heterocycles. The van der Waals surface area contributed by atoms with Crippen molar-refractivity contribution >= 4 is 35.6 Å². The molecular formula is C19H25IN4O2. The Hall–Kier alpha value is -2.03. The van der Waals surface area contributed by atoms with Crippen molar-refractivity contribution < 1.29 is 9.47 Å². The maximum absolute atomic E-state index is 5.93. The monoisotopic (exact) mass is 468 g/mol. The van der Waals surface area contributed by atoms with E-state index in [2.05, 4.69) is 15.3 Å². The van der Waals surface area contributed by atoms with Crippen LogP contribution in [0.15, 0.2) is 47.6 Å². The minimum Gasteiger partial charge on any atom is -0.497 e. The standard InChI is InChI=1S/C19H24N4O2.HI/c1-24-16-9-7-15(8-10-16)23-19(20)22-13-14-6-11-18(21-12-14)25-17-4-2-3-5-17;/h6-12,17H,2-5,13H2,1H3,(H3,20,22,23);1H. The Labute approximate surface area is 171 Å². The van der Waals surface area contributed by atoms with E-state index < -0.39 is 0 Å². The van der Waals surface area contributed by atoms with Gasteiger partial charge in [0.2, 0.25) is 5.88 Å². The molecule has 7 heteroatoms. The van der Waals surface area contributed by atoms with Crippen LogP contribution in [-0.4, -0.2) is 24.2 Å². The number of hydrogen-bond donors (Lipinski definition) is 2. The first-order chi connectivity index (χ1) is 12.2. The van der Waals surface area contributed by atoms with Gasteiger partial charge in [0, 0.05) is 18.0 Å². The van der Waals surface area contributed by atoms with Crippen LogP contribution in [0.1, 0.15) is 31.2 Å². The van der Waals surface area contributed by atoms with E-state index in [1.807, 2.05) is 36.4 Å². The quantitative estimate of drug-likeness (QED) is 0.381. The van der Waals surface area contributed by atoms with Crippen molar-refractivity contribution in [3.05, 3.63) is 48.2 Å². The summed E-state index contributed by atoms with van der Waals surface area (Å²) in [7, 11) is 1.64. The van der Waals surface area contributed by atoms with Crippen LogP contribution in [-0.2, 0) is 6.54 Å². The van der Waals surface area contributed by atoms with Crippen LogP contribution in [0.2, 0.25) is 0 Å². The smallest absolute Gasteiger partial charge is 0.213 e. The lowest BCUT2D eigenvalue weighted by Gasteiger charge is -2.11. The van der Waals surface area contributed by atoms with Gasteiger partial charge in [-0.3, -0.25) is 0 Å². The van der Waals surface area contributed by atoms with Gasteiger partial charge in [0.1, 0.15) is 11.9 Å². The van der Waals surface area contributed by atoms with Gasteiger partial charge < -0.3 is 20.5 Å². The van der Waals surface area contributed by atoms with Gasteiger partial charge in [-0.25, -0.2) is 9.98 Å². The number of nitrogens with two attached hydrogens (primary N) is 1. The molecular weight excluding hydrogens is 443 g/mol. The molecule has 2 aromatic rings. The molecule has 0 radical (unpaired) electrons. The van der Waals surface area contributed by atoms with Gasteiger partial charge in [-0.05, 0) is 55.5 Å². The third-order valence-corrected chi connectivity index (χ3v) is 4.18. The molecule has 3 rings (SSSR count). The molecule has 1 saturated carbocycles. The lowest BCUT2D eigenvalue weighted by Crippen LogP contribution is -2.22. The predicted molar refractivity (Wildman–Crippen MR) is 114 cm³/mol. The van der Waals surface area contributed by atoms with E-state index in [1.165, 1.54) is 12.8 Å². The molecule has 1 fully saturated rings. The predicted octanol–water partition coefficient (Wildman–Crippen LogP) is 3.96. The molecule has 1 aliphatic rings. The van der Waals surface area contributed by atoms with Gasteiger partial charge in [0.05, 0.1) is 13.7 Å². The lowest BCUT2D eigenvalue weighted by atomic mass is 10.3. The SMILES string of the molecule is COc1ccc(NC(N)=NCc2ccc(OC3CCCC3)nc2)cc1.I. The van der Waals surface area contributed by atoms with Crippen LogP contribution in [0.25, 0.3) is 0 Å². The lowest BCUT2D eigenvalue weighted by molar-refractivity contribution is 0.201. The molecule has 1 aliphatic carbocycles. The Bertz CT molecular complexity index is 698. The zero-order valence-electron chi connectivity index (χ0n) is 14.9. The number of nitrogens with one attached hydrogen (secondary N) is 1. The average molecular weight is 468 g/mol. The van der Waals surface area contributed by atoms with E-state index in [-0.39, 0.29) is 24.0 Å². The zero-order chi connectivity index (χ0) is 17.5.